The highest BCUT2D eigenvalue weighted by Gasteiger charge is 2.37. The van der Waals surface area contributed by atoms with E-state index in [-0.39, 0.29) is 31.5 Å². The fourth-order valence-electron chi connectivity index (χ4n) is 4.39. The van der Waals surface area contributed by atoms with Crippen LogP contribution in [0, 0.1) is 0 Å². The number of fused-ring (bicyclic) bond motifs is 1. The number of aliphatic hydroxyl groups is 1. The lowest BCUT2D eigenvalue weighted by molar-refractivity contribution is -0.138. The molecular weight excluding hydrogens is 473 g/mol. The maximum absolute atomic E-state index is 13.2. The first-order valence-corrected chi connectivity index (χ1v) is 11.7. The van der Waals surface area contributed by atoms with E-state index < -0.39 is 23.9 Å². The molecule has 192 valence electrons. The topological polar surface area (TPSA) is 62.2 Å². The summed E-state index contributed by atoms with van der Waals surface area (Å²) in [7, 11) is 3.26. The molecule has 6 nitrogen and oxygen atoms in total. The van der Waals surface area contributed by atoms with Gasteiger partial charge in [0.15, 0.2) is 0 Å². The molecule has 0 radical (unpaired) electrons. The molecule has 4 rings (SSSR count). The smallest absolute Gasteiger partial charge is 0.372 e. The number of rotatable bonds is 8. The molecule has 1 amide bonds. The monoisotopic (exact) mass is 502 g/mol. The summed E-state index contributed by atoms with van der Waals surface area (Å²) >= 11 is 0. The molecule has 0 aromatic heterocycles. The van der Waals surface area contributed by atoms with Crippen molar-refractivity contribution in [3.63, 3.8) is 0 Å². The Bertz CT molecular complexity index is 1100. The number of alkyl halides is 3. The summed E-state index contributed by atoms with van der Waals surface area (Å²) in [6, 6.07) is 14.0. The van der Waals surface area contributed by atoms with Gasteiger partial charge < -0.3 is 24.4 Å². The molecule has 1 heterocycles. The first-order valence-electron chi connectivity index (χ1n) is 11.7. The molecule has 1 saturated heterocycles. The van der Waals surface area contributed by atoms with Crippen molar-refractivity contribution in [3.8, 4) is 0 Å². The molecule has 4 unspecified atom stereocenters. The van der Waals surface area contributed by atoms with Crippen molar-refractivity contribution < 1.29 is 32.5 Å². The molecule has 1 aliphatic heterocycles. The van der Waals surface area contributed by atoms with E-state index >= 15 is 0 Å². The number of benzene rings is 2. The van der Waals surface area contributed by atoms with E-state index in [0.29, 0.717) is 23.2 Å². The number of carbonyl (C=O) groups is 1. The summed E-state index contributed by atoms with van der Waals surface area (Å²) in [6.45, 7) is 0.411. The summed E-state index contributed by atoms with van der Waals surface area (Å²) in [5, 5.41) is 11.6. The second kappa shape index (κ2) is 10.9. The number of ether oxygens (including phenoxy) is 2. The van der Waals surface area contributed by atoms with Crippen LogP contribution in [-0.2, 0) is 26.9 Å². The predicted octanol–water partition coefficient (Wildman–Crippen LogP) is 3.94. The number of likely N-dealkylation sites (N-methyl/N-ethyl adjacent to an activating group) is 1. The molecule has 9 heteroatoms. The quantitative estimate of drug-likeness (QED) is 0.555. The number of hydrogen-bond acceptors (Lipinski definition) is 5. The highest BCUT2D eigenvalue weighted by Crippen LogP contribution is 2.32. The van der Waals surface area contributed by atoms with E-state index in [9.17, 15) is 23.1 Å². The van der Waals surface area contributed by atoms with Crippen LogP contribution in [0.5, 0.6) is 0 Å². The van der Waals surface area contributed by atoms with Crippen LogP contribution in [-0.4, -0.2) is 66.7 Å². The largest absolute Gasteiger partial charge is 0.416 e. The van der Waals surface area contributed by atoms with Crippen LogP contribution in [0.15, 0.2) is 78.5 Å². The number of hydrogen-bond donors (Lipinski definition) is 1. The Hall–Kier alpha value is -3.14. The molecule has 1 aliphatic carbocycles. The van der Waals surface area contributed by atoms with E-state index in [1.165, 1.54) is 17.0 Å². The Morgan fingerprint density at radius 2 is 1.72 bits per heavy atom. The maximum Gasteiger partial charge on any atom is 0.416 e. The van der Waals surface area contributed by atoms with Gasteiger partial charge in [0, 0.05) is 26.3 Å². The van der Waals surface area contributed by atoms with Gasteiger partial charge in [-0.05, 0) is 41.8 Å². The lowest BCUT2D eigenvalue weighted by Gasteiger charge is -2.37. The number of amides is 1. The van der Waals surface area contributed by atoms with Crippen molar-refractivity contribution in [2.24, 2.45) is 0 Å². The van der Waals surface area contributed by atoms with Crippen molar-refractivity contribution in [3.05, 3.63) is 95.2 Å². The third kappa shape index (κ3) is 5.80. The average molecular weight is 503 g/mol. The Morgan fingerprint density at radius 3 is 2.36 bits per heavy atom. The van der Waals surface area contributed by atoms with Crippen molar-refractivity contribution >= 4 is 5.91 Å². The van der Waals surface area contributed by atoms with E-state index in [1.54, 1.807) is 43.3 Å². The first kappa shape index (κ1) is 25.9. The van der Waals surface area contributed by atoms with Crippen LogP contribution < -0.4 is 0 Å². The van der Waals surface area contributed by atoms with Gasteiger partial charge in [-0.2, -0.15) is 13.2 Å². The van der Waals surface area contributed by atoms with Crippen LogP contribution in [0.3, 0.4) is 0 Å². The van der Waals surface area contributed by atoms with Crippen LogP contribution in [0.25, 0.3) is 0 Å². The van der Waals surface area contributed by atoms with Gasteiger partial charge in [-0.25, -0.2) is 0 Å². The number of halogens is 3. The zero-order valence-corrected chi connectivity index (χ0v) is 20.1. The minimum atomic E-state index is -4.41. The number of allylic oxidation sites excluding steroid dienone is 1. The SMILES string of the molecule is CN(C)C(=O)C(c1ccccc1)C(O)N(CCc1ccc(C(F)(F)F)cc1)C1=CC2OCOC2C=C1. The molecule has 1 fully saturated rings. The Kier molecular flexibility index (Phi) is 7.82. The van der Waals surface area contributed by atoms with Crippen LogP contribution in [0.1, 0.15) is 22.6 Å². The highest BCUT2D eigenvalue weighted by molar-refractivity contribution is 5.84. The van der Waals surface area contributed by atoms with Crippen LogP contribution >= 0.6 is 0 Å². The van der Waals surface area contributed by atoms with Crippen molar-refractivity contribution in [1.29, 1.82) is 0 Å². The molecule has 0 bridgehead atoms. The van der Waals surface area contributed by atoms with Crippen LogP contribution in [0.2, 0.25) is 0 Å². The fraction of sp³-hybridized carbons (Fsp3) is 0.370. The third-order valence-corrected chi connectivity index (χ3v) is 6.37. The highest BCUT2D eigenvalue weighted by atomic mass is 19.4. The molecule has 2 aromatic carbocycles. The third-order valence-electron chi connectivity index (χ3n) is 6.37. The minimum absolute atomic E-state index is 0.156. The van der Waals surface area contributed by atoms with E-state index in [0.717, 1.165) is 12.1 Å². The van der Waals surface area contributed by atoms with Gasteiger partial charge in [-0.3, -0.25) is 4.79 Å². The maximum atomic E-state index is 13.2. The second-order valence-corrected chi connectivity index (χ2v) is 9.00. The minimum Gasteiger partial charge on any atom is -0.372 e. The molecular formula is C27H29F3N2O4. The Balaban J connectivity index is 1.64. The van der Waals surface area contributed by atoms with Crippen molar-refractivity contribution in [2.45, 2.75) is 37.0 Å². The van der Waals surface area contributed by atoms with E-state index in [1.807, 2.05) is 24.3 Å². The molecule has 1 N–H and O–H groups in total. The lowest BCUT2D eigenvalue weighted by atomic mass is 9.93. The van der Waals surface area contributed by atoms with Gasteiger partial charge >= 0.3 is 6.18 Å². The van der Waals surface area contributed by atoms with Gasteiger partial charge in [0.2, 0.25) is 5.91 Å². The molecule has 2 aromatic rings. The van der Waals surface area contributed by atoms with Crippen molar-refractivity contribution in [1.82, 2.24) is 9.80 Å². The molecule has 4 atom stereocenters. The standard InChI is InChI=1S/C27H29F3N2O4/c1-31(2)25(33)24(19-6-4-3-5-7-19)26(34)32(21-12-13-22-23(16-21)36-17-35-22)15-14-18-8-10-20(11-9-18)27(28,29)30/h3-13,16,22-24,26,34H,14-15,17H2,1-2H3. The Morgan fingerprint density at radius 1 is 1.06 bits per heavy atom. The van der Waals surface area contributed by atoms with Crippen LogP contribution in [0.4, 0.5) is 13.2 Å². The zero-order valence-electron chi connectivity index (χ0n) is 20.1. The predicted molar refractivity (Wildman–Crippen MR) is 128 cm³/mol. The van der Waals surface area contributed by atoms with Gasteiger partial charge in [-0.1, -0.05) is 48.5 Å². The summed E-state index contributed by atoms with van der Waals surface area (Å²) in [6.07, 6.45) is -0.356. The van der Waals surface area contributed by atoms with Gasteiger partial charge in [0.1, 0.15) is 31.1 Å². The summed E-state index contributed by atoms with van der Waals surface area (Å²) in [4.78, 5) is 16.3. The van der Waals surface area contributed by atoms with Gasteiger partial charge in [0.25, 0.3) is 0 Å². The van der Waals surface area contributed by atoms with Gasteiger partial charge in [0.05, 0.1) is 5.56 Å². The summed E-state index contributed by atoms with van der Waals surface area (Å²) in [5.74, 6) is -1.16. The average Bonchev–Trinajstić information content (AvgIpc) is 3.33. The normalized spacial score (nSPS) is 20.9. The summed E-state index contributed by atoms with van der Waals surface area (Å²) < 4.78 is 50.0. The Labute approximate surface area is 208 Å². The number of aliphatic hydroxyl groups excluding tert-OH is 1. The summed E-state index contributed by atoms with van der Waals surface area (Å²) in [5.41, 5.74) is 1.26. The molecule has 36 heavy (non-hydrogen) atoms. The molecule has 0 saturated carbocycles. The lowest BCUT2D eigenvalue weighted by Crippen LogP contribution is -2.46. The fourth-order valence-corrected chi connectivity index (χ4v) is 4.39. The first-order chi connectivity index (χ1) is 17.1. The van der Waals surface area contributed by atoms with E-state index in [2.05, 4.69) is 0 Å². The second-order valence-electron chi connectivity index (χ2n) is 9.00. The van der Waals surface area contributed by atoms with E-state index in [4.69, 9.17) is 9.47 Å². The van der Waals surface area contributed by atoms with Gasteiger partial charge in [-0.15, -0.1) is 0 Å². The number of nitrogens with zero attached hydrogens (tertiary/aromatic N) is 2. The molecule has 0 spiro atoms. The molecule has 2 aliphatic rings. The number of carbonyl (C=O) groups excluding carboxylic acids is 1. The zero-order chi connectivity index (χ0) is 25.9. The van der Waals surface area contributed by atoms with Crippen molar-refractivity contribution in [2.75, 3.05) is 27.4 Å².